The molecule has 2 saturated carbocycles. The van der Waals surface area contributed by atoms with Crippen LogP contribution in [0, 0.1) is 17.8 Å². The van der Waals surface area contributed by atoms with E-state index in [0.29, 0.717) is 23.8 Å². The van der Waals surface area contributed by atoms with Gasteiger partial charge in [-0.2, -0.15) is 0 Å². The molecule has 4 atom stereocenters. The Labute approximate surface area is 86.5 Å². The third-order valence-corrected chi connectivity index (χ3v) is 3.82. The van der Waals surface area contributed by atoms with Crippen molar-refractivity contribution in [2.24, 2.45) is 17.8 Å². The zero-order valence-electron chi connectivity index (χ0n) is 9.25. The van der Waals surface area contributed by atoms with Crippen LogP contribution < -0.4 is 5.32 Å². The summed E-state index contributed by atoms with van der Waals surface area (Å²) in [5.74, 6) is 2.18. The molecule has 2 fully saturated rings. The standard InChI is InChI=1S/C12H21NO/c1-3-9-7-11(9)12(14)13-10-5-4-8(2)6-10/h8-11H,3-7H2,1-2H3,(H,13,14). The van der Waals surface area contributed by atoms with Gasteiger partial charge < -0.3 is 5.32 Å². The first-order valence-electron chi connectivity index (χ1n) is 6.01. The van der Waals surface area contributed by atoms with E-state index in [1.807, 2.05) is 0 Å². The van der Waals surface area contributed by atoms with Crippen molar-refractivity contribution in [1.29, 1.82) is 0 Å². The minimum absolute atomic E-state index is 0.330. The first-order chi connectivity index (χ1) is 6.70. The zero-order chi connectivity index (χ0) is 10.1. The maximum Gasteiger partial charge on any atom is 0.223 e. The fourth-order valence-corrected chi connectivity index (χ4v) is 2.67. The molecule has 1 amide bonds. The van der Waals surface area contributed by atoms with Gasteiger partial charge in [-0.15, -0.1) is 0 Å². The maximum atomic E-state index is 11.7. The summed E-state index contributed by atoms with van der Waals surface area (Å²) in [6.07, 6.45) is 5.96. The maximum absolute atomic E-state index is 11.7. The second kappa shape index (κ2) is 3.92. The lowest BCUT2D eigenvalue weighted by Crippen LogP contribution is -2.34. The largest absolute Gasteiger partial charge is 0.353 e. The second-order valence-electron chi connectivity index (χ2n) is 5.13. The normalized spacial score (nSPS) is 41.0. The molecule has 0 spiro atoms. The predicted octanol–water partition coefficient (Wildman–Crippen LogP) is 2.34. The van der Waals surface area contributed by atoms with E-state index in [0.717, 1.165) is 12.3 Å². The van der Waals surface area contributed by atoms with Crippen LogP contribution in [0.3, 0.4) is 0 Å². The number of carbonyl (C=O) groups is 1. The van der Waals surface area contributed by atoms with Gasteiger partial charge in [0.15, 0.2) is 0 Å². The van der Waals surface area contributed by atoms with Crippen LogP contribution in [-0.4, -0.2) is 11.9 Å². The smallest absolute Gasteiger partial charge is 0.223 e. The predicted molar refractivity (Wildman–Crippen MR) is 56.8 cm³/mol. The van der Waals surface area contributed by atoms with Gasteiger partial charge in [0.25, 0.3) is 0 Å². The highest BCUT2D eigenvalue weighted by molar-refractivity contribution is 5.81. The van der Waals surface area contributed by atoms with E-state index in [4.69, 9.17) is 0 Å². The number of hydrogen-bond donors (Lipinski definition) is 1. The molecule has 0 bridgehead atoms. The van der Waals surface area contributed by atoms with Crippen molar-refractivity contribution < 1.29 is 4.79 Å². The topological polar surface area (TPSA) is 29.1 Å². The van der Waals surface area contributed by atoms with Crippen LogP contribution in [0.25, 0.3) is 0 Å². The lowest BCUT2D eigenvalue weighted by Gasteiger charge is -2.12. The Morgan fingerprint density at radius 3 is 2.64 bits per heavy atom. The molecule has 0 heterocycles. The van der Waals surface area contributed by atoms with Crippen LogP contribution in [0.4, 0.5) is 0 Å². The molecule has 0 aromatic heterocycles. The van der Waals surface area contributed by atoms with Crippen LogP contribution in [0.1, 0.15) is 46.0 Å². The number of amides is 1. The number of rotatable bonds is 3. The monoisotopic (exact) mass is 195 g/mol. The van der Waals surface area contributed by atoms with Gasteiger partial charge in [0.1, 0.15) is 0 Å². The van der Waals surface area contributed by atoms with E-state index in [1.165, 1.54) is 25.7 Å². The molecule has 2 aliphatic carbocycles. The quantitative estimate of drug-likeness (QED) is 0.735. The van der Waals surface area contributed by atoms with Gasteiger partial charge in [0.05, 0.1) is 0 Å². The van der Waals surface area contributed by atoms with E-state index >= 15 is 0 Å². The van der Waals surface area contributed by atoms with Crippen molar-refractivity contribution in [2.45, 2.75) is 52.0 Å². The van der Waals surface area contributed by atoms with Crippen LogP contribution in [-0.2, 0) is 4.79 Å². The summed E-state index contributed by atoms with van der Waals surface area (Å²) < 4.78 is 0. The molecule has 0 aromatic rings. The van der Waals surface area contributed by atoms with Gasteiger partial charge in [0, 0.05) is 12.0 Å². The fraction of sp³-hybridized carbons (Fsp3) is 0.917. The molecule has 14 heavy (non-hydrogen) atoms. The lowest BCUT2D eigenvalue weighted by atomic mass is 10.1. The molecule has 1 N–H and O–H groups in total. The van der Waals surface area contributed by atoms with E-state index in [-0.39, 0.29) is 0 Å². The molecule has 0 radical (unpaired) electrons. The van der Waals surface area contributed by atoms with Crippen molar-refractivity contribution in [2.75, 3.05) is 0 Å². The molecular weight excluding hydrogens is 174 g/mol. The molecular formula is C12H21NO. The summed E-state index contributed by atoms with van der Waals surface area (Å²) in [5, 5.41) is 3.20. The van der Waals surface area contributed by atoms with Crippen LogP contribution in [0.15, 0.2) is 0 Å². The van der Waals surface area contributed by atoms with Gasteiger partial charge in [-0.1, -0.05) is 20.3 Å². The molecule has 80 valence electrons. The Hall–Kier alpha value is -0.530. The molecule has 2 heteroatoms. The highest BCUT2D eigenvalue weighted by Crippen LogP contribution is 2.41. The zero-order valence-corrected chi connectivity index (χ0v) is 9.25. The van der Waals surface area contributed by atoms with Gasteiger partial charge in [0.2, 0.25) is 5.91 Å². The minimum atomic E-state index is 0.330. The van der Waals surface area contributed by atoms with E-state index < -0.39 is 0 Å². The Bertz CT molecular complexity index is 226. The average Bonchev–Trinajstić information content (AvgIpc) is 2.85. The summed E-state index contributed by atoms with van der Waals surface area (Å²) >= 11 is 0. The summed E-state index contributed by atoms with van der Waals surface area (Å²) in [4.78, 5) is 11.7. The molecule has 0 aliphatic heterocycles. The third-order valence-electron chi connectivity index (χ3n) is 3.82. The first-order valence-corrected chi connectivity index (χ1v) is 6.01. The van der Waals surface area contributed by atoms with Crippen molar-refractivity contribution in [3.05, 3.63) is 0 Å². The lowest BCUT2D eigenvalue weighted by molar-refractivity contribution is -0.123. The van der Waals surface area contributed by atoms with E-state index in [1.54, 1.807) is 0 Å². The van der Waals surface area contributed by atoms with Crippen molar-refractivity contribution >= 4 is 5.91 Å². The molecule has 0 aromatic carbocycles. The van der Waals surface area contributed by atoms with Crippen molar-refractivity contribution in [1.82, 2.24) is 5.32 Å². The fourth-order valence-electron chi connectivity index (χ4n) is 2.67. The number of nitrogens with one attached hydrogen (secondary N) is 1. The molecule has 2 aliphatic rings. The van der Waals surface area contributed by atoms with E-state index in [2.05, 4.69) is 19.2 Å². The SMILES string of the molecule is CCC1CC1C(=O)NC1CCC(C)C1. The summed E-state index contributed by atoms with van der Waals surface area (Å²) in [7, 11) is 0. The Kier molecular flexibility index (Phi) is 2.80. The Morgan fingerprint density at radius 2 is 2.14 bits per heavy atom. The highest BCUT2D eigenvalue weighted by atomic mass is 16.2. The minimum Gasteiger partial charge on any atom is -0.353 e. The average molecular weight is 195 g/mol. The van der Waals surface area contributed by atoms with Gasteiger partial charge in [-0.3, -0.25) is 4.79 Å². The first kappa shape index (κ1) is 10.0. The van der Waals surface area contributed by atoms with Gasteiger partial charge >= 0.3 is 0 Å². The third kappa shape index (κ3) is 2.10. The van der Waals surface area contributed by atoms with Crippen LogP contribution in [0.2, 0.25) is 0 Å². The van der Waals surface area contributed by atoms with Crippen molar-refractivity contribution in [3.63, 3.8) is 0 Å². The Balaban J connectivity index is 1.73. The summed E-state index contributed by atoms with van der Waals surface area (Å²) in [6.45, 7) is 4.45. The molecule has 2 rings (SSSR count). The number of hydrogen-bond acceptors (Lipinski definition) is 1. The summed E-state index contributed by atoms with van der Waals surface area (Å²) in [5.41, 5.74) is 0. The molecule has 2 nitrogen and oxygen atoms in total. The van der Waals surface area contributed by atoms with Gasteiger partial charge in [-0.25, -0.2) is 0 Å². The van der Waals surface area contributed by atoms with Crippen LogP contribution >= 0.6 is 0 Å². The molecule has 0 saturated heterocycles. The molecule has 4 unspecified atom stereocenters. The van der Waals surface area contributed by atoms with Gasteiger partial charge in [-0.05, 0) is 37.5 Å². The Morgan fingerprint density at radius 1 is 1.36 bits per heavy atom. The van der Waals surface area contributed by atoms with Crippen molar-refractivity contribution in [3.8, 4) is 0 Å². The summed E-state index contributed by atoms with van der Waals surface area (Å²) in [6, 6.07) is 0.482. The number of carbonyl (C=O) groups excluding carboxylic acids is 1. The van der Waals surface area contributed by atoms with Crippen LogP contribution in [0.5, 0.6) is 0 Å². The highest BCUT2D eigenvalue weighted by Gasteiger charge is 2.42. The van der Waals surface area contributed by atoms with E-state index in [9.17, 15) is 4.79 Å². The second-order valence-corrected chi connectivity index (χ2v) is 5.13.